The van der Waals surface area contributed by atoms with Crippen molar-refractivity contribution >= 4 is 22.6 Å². The first-order valence-corrected chi connectivity index (χ1v) is 9.91. The summed E-state index contributed by atoms with van der Waals surface area (Å²) in [6.45, 7) is 4.62. The smallest absolute Gasteiger partial charge is 0.264 e. The third kappa shape index (κ3) is 2.99. The molecule has 7 heteroatoms. The van der Waals surface area contributed by atoms with Gasteiger partial charge in [0.15, 0.2) is 5.65 Å². The SMILES string of the molecule is Cc1cc(C)cc(-n2ncc3c(=O)n(CC(=O)N4CCc5ccccc54)cnc32)c1. The highest BCUT2D eigenvalue weighted by Crippen LogP contribution is 2.27. The zero-order valence-electron chi connectivity index (χ0n) is 16.9. The summed E-state index contributed by atoms with van der Waals surface area (Å²) in [5.41, 5.74) is 5.37. The van der Waals surface area contributed by atoms with Gasteiger partial charge in [-0.1, -0.05) is 24.3 Å². The zero-order chi connectivity index (χ0) is 20.8. The van der Waals surface area contributed by atoms with Crippen LogP contribution in [0.2, 0.25) is 0 Å². The summed E-state index contributed by atoms with van der Waals surface area (Å²) in [7, 11) is 0. The van der Waals surface area contributed by atoms with Gasteiger partial charge in [-0.25, -0.2) is 9.67 Å². The van der Waals surface area contributed by atoms with Gasteiger partial charge in [0.2, 0.25) is 5.91 Å². The maximum absolute atomic E-state index is 13.0. The lowest BCUT2D eigenvalue weighted by Gasteiger charge is -2.17. The Morgan fingerprint density at radius 3 is 2.67 bits per heavy atom. The first-order valence-electron chi connectivity index (χ1n) is 9.91. The van der Waals surface area contributed by atoms with Gasteiger partial charge in [-0.3, -0.25) is 14.2 Å². The number of carbonyl (C=O) groups is 1. The second-order valence-corrected chi connectivity index (χ2v) is 7.74. The Kier molecular flexibility index (Phi) is 4.24. The molecule has 4 aromatic rings. The van der Waals surface area contributed by atoms with Gasteiger partial charge in [-0.2, -0.15) is 5.10 Å². The maximum atomic E-state index is 13.0. The van der Waals surface area contributed by atoms with Crippen LogP contribution in [-0.4, -0.2) is 31.8 Å². The molecule has 2 aromatic heterocycles. The zero-order valence-corrected chi connectivity index (χ0v) is 16.9. The molecule has 0 atom stereocenters. The number of aromatic nitrogens is 4. The quantitative estimate of drug-likeness (QED) is 0.531. The average Bonchev–Trinajstić information content (AvgIpc) is 3.34. The molecule has 7 nitrogen and oxygen atoms in total. The molecule has 0 saturated heterocycles. The van der Waals surface area contributed by atoms with Gasteiger partial charge in [-0.05, 0) is 55.2 Å². The molecule has 1 aliphatic heterocycles. The van der Waals surface area contributed by atoms with Crippen LogP contribution < -0.4 is 10.5 Å². The lowest BCUT2D eigenvalue weighted by molar-refractivity contribution is -0.119. The Balaban J connectivity index is 1.48. The second-order valence-electron chi connectivity index (χ2n) is 7.74. The molecular formula is C23H21N5O2. The van der Waals surface area contributed by atoms with Crippen LogP contribution in [0.25, 0.3) is 16.7 Å². The van der Waals surface area contributed by atoms with E-state index < -0.39 is 0 Å². The molecule has 0 spiro atoms. The number of hydrogen-bond acceptors (Lipinski definition) is 4. The fraction of sp³-hybridized carbons (Fsp3) is 0.217. The van der Waals surface area contributed by atoms with Gasteiger partial charge < -0.3 is 4.90 Å². The molecule has 5 rings (SSSR count). The summed E-state index contributed by atoms with van der Waals surface area (Å²) >= 11 is 0. The van der Waals surface area contributed by atoms with E-state index >= 15 is 0 Å². The van der Waals surface area contributed by atoms with Crippen LogP contribution in [0.1, 0.15) is 16.7 Å². The maximum Gasteiger partial charge on any atom is 0.264 e. The average molecular weight is 399 g/mol. The first kappa shape index (κ1) is 18.3. The topological polar surface area (TPSA) is 73.0 Å². The Hall–Kier alpha value is -3.74. The number of nitrogens with zero attached hydrogens (tertiary/aromatic N) is 5. The van der Waals surface area contributed by atoms with E-state index in [0.717, 1.165) is 34.5 Å². The number of carbonyl (C=O) groups excluding carboxylic acids is 1. The number of rotatable bonds is 3. The van der Waals surface area contributed by atoms with Gasteiger partial charge in [0, 0.05) is 12.2 Å². The van der Waals surface area contributed by atoms with Crippen LogP contribution in [0.4, 0.5) is 5.69 Å². The number of fused-ring (bicyclic) bond motifs is 2. The monoisotopic (exact) mass is 399 g/mol. The van der Waals surface area contributed by atoms with Crippen molar-refractivity contribution in [2.24, 2.45) is 0 Å². The standard InChI is InChI=1S/C23H21N5O2/c1-15-9-16(2)11-18(10-15)28-22-19(12-25-28)23(30)26(14-24-22)13-21(29)27-8-7-17-5-3-4-6-20(17)27/h3-6,9-12,14H,7-8,13H2,1-2H3. The molecule has 150 valence electrons. The molecule has 0 unspecified atom stereocenters. The molecule has 0 saturated carbocycles. The van der Waals surface area contributed by atoms with E-state index in [0.29, 0.717) is 17.6 Å². The van der Waals surface area contributed by atoms with Crippen LogP contribution in [0.15, 0.2) is 59.8 Å². The van der Waals surface area contributed by atoms with E-state index in [9.17, 15) is 9.59 Å². The van der Waals surface area contributed by atoms with Crippen molar-refractivity contribution in [3.8, 4) is 5.69 Å². The third-order valence-corrected chi connectivity index (χ3v) is 5.50. The minimum atomic E-state index is -0.267. The van der Waals surface area contributed by atoms with Gasteiger partial charge in [0.1, 0.15) is 18.3 Å². The molecule has 3 heterocycles. The number of benzene rings is 2. The van der Waals surface area contributed by atoms with E-state index in [2.05, 4.69) is 16.1 Å². The Morgan fingerprint density at radius 2 is 1.87 bits per heavy atom. The van der Waals surface area contributed by atoms with Gasteiger partial charge in [0.25, 0.3) is 5.56 Å². The Bertz CT molecular complexity index is 1330. The summed E-state index contributed by atoms with van der Waals surface area (Å²) in [5, 5.41) is 4.78. The van der Waals surface area contributed by atoms with Crippen molar-refractivity contribution in [2.75, 3.05) is 11.4 Å². The van der Waals surface area contributed by atoms with E-state index in [4.69, 9.17) is 0 Å². The highest BCUT2D eigenvalue weighted by atomic mass is 16.2. The fourth-order valence-corrected chi connectivity index (χ4v) is 4.15. The number of amides is 1. The number of para-hydroxylation sites is 1. The van der Waals surface area contributed by atoms with Crippen LogP contribution in [0, 0.1) is 13.8 Å². The highest BCUT2D eigenvalue weighted by Gasteiger charge is 2.24. The lowest BCUT2D eigenvalue weighted by atomic mass is 10.1. The largest absolute Gasteiger partial charge is 0.310 e. The second kappa shape index (κ2) is 6.95. The first-order chi connectivity index (χ1) is 14.5. The van der Waals surface area contributed by atoms with Crippen LogP contribution in [0.3, 0.4) is 0 Å². The van der Waals surface area contributed by atoms with Crippen molar-refractivity contribution in [2.45, 2.75) is 26.8 Å². The molecule has 30 heavy (non-hydrogen) atoms. The summed E-state index contributed by atoms with van der Waals surface area (Å²) in [6, 6.07) is 14.0. The Morgan fingerprint density at radius 1 is 1.10 bits per heavy atom. The minimum Gasteiger partial charge on any atom is -0.310 e. The number of anilines is 1. The molecule has 0 radical (unpaired) electrons. The Labute approximate surface area is 173 Å². The highest BCUT2D eigenvalue weighted by molar-refractivity contribution is 5.95. The predicted octanol–water partition coefficient (Wildman–Crippen LogP) is 2.79. The third-order valence-electron chi connectivity index (χ3n) is 5.50. The molecule has 1 aliphatic rings. The fourth-order valence-electron chi connectivity index (χ4n) is 4.15. The van der Waals surface area contributed by atoms with Gasteiger partial charge >= 0.3 is 0 Å². The van der Waals surface area contributed by atoms with Crippen molar-refractivity contribution in [1.29, 1.82) is 0 Å². The number of hydrogen-bond donors (Lipinski definition) is 0. The van der Waals surface area contributed by atoms with E-state index in [1.807, 2.05) is 50.2 Å². The van der Waals surface area contributed by atoms with Crippen molar-refractivity contribution < 1.29 is 4.79 Å². The van der Waals surface area contributed by atoms with Crippen LogP contribution in [0.5, 0.6) is 0 Å². The molecular weight excluding hydrogens is 378 g/mol. The van der Waals surface area contributed by atoms with E-state index in [1.54, 1.807) is 9.58 Å². The van der Waals surface area contributed by atoms with Crippen molar-refractivity contribution in [3.05, 3.63) is 82.0 Å². The molecule has 1 amide bonds. The van der Waals surface area contributed by atoms with Crippen LogP contribution >= 0.6 is 0 Å². The normalized spacial score (nSPS) is 13.1. The molecule has 2 aromatic carbocycles. The minimum absolute atomic E-state index is 0.0508. The van der Waals surface area contributed by atoms with E-state index in [-0.39, 0.29) is 18.0 Å². The van der Waals surface area contributed by atoms with Gasteiger partial charge in [-0.15, -0.1) is 0 Å². The lowest BCUT2D eigenvalue weighted by Crippen LogP contribution is -2.35. The van der Waals surface area contributed by atoms with E-state index in [1.165, 1.54) is 17.1 Å². The summed E-state index contributed by atoms with van der Waals surface area (Å²) < 4.78 is 3.03. The molecule has 0 aliphatic carbocycles. The van der Waals surface area contributed by atoms with Gasteiger partial charge in [0.05, 0.1) is 11.9 Å². The molecule has 0 bridgehead atoms. The predicted molar refractivity (Wildman–Crippen MR) is 115 cm³/mol. The van der Waals surface area contributed by atoms with Crippen LogP contribution in [-0.2, 0) is 17.8 Å². The summed E-state index contributed by atoms with van der Waals surface area (Å²) in [6.07, 6.45) is 3.79. The molecule has 0 fully saturated rings. The van der Waals surface area contributed by atoms with Crippen molar-refractivity contribution in [1.82, 2.24) is 19.3 Å². The van der Waals surface area contributed by atoms with Crippen molar-refractivity contribution in [3.63, 3.8) is 0 Å². The summed E-state index contributed by atoms with van der Waals surface area (Å²) in [5.74, 6) is -0.120. The molecule has 0 N–H and O–H groups in total. The number of aryl methyl sites for hydroxylation is 2. The summed E-state index contributed by atoms with van der Waals surface area (Å²) in [4.78, 5) is 32.1.